The summed E-state index contributed by atoms with van der Waals surface area (Å²) in [6, 6.07) is 3.04. The van der Waals surface area contributed by atoms with Crippen LogP contribution in [0.5, 0.6) is 0 Å². The van der Waals surface area contributed by atoms with E-state index in [2.05, 4.69) is 20.7 Å². The van der Waals surface area contributed by atoms with Gasteiger partial charge in [-0.2, -0.15) is 4.72 Å². The number of carbonyl (C=O) groups excluding carboxylic acids is 1. The minimum Gasteiger partial charge on any atom is -0.345 e. The Morgan fingerprint density at radius 1 is 1.28 bits per heavy atom. The largest absolute Gasteiger partial charge is 0.345 e. The highest BCUT2D eigenvalue weighted by atomic mass is 35.5. The van der Waals surface area contributed by atoms with Gasteiger partial charge in [0.25, 0.3) is 5.91 Å². The van der Waals surface area contributed by atoms with E-state index in [0.29, 0.717) is 19.5 Å². The molecule has 0 atom stereocenters. The Morgan fingerprint density at radius 3 is 2.55 bits per heavy atom. The summed E-state index contributed by atoms with van der Waals surface area (Å²) in [5, 5.41) is 7.85. The van der Waals surface area contributed by atoms with Crippen LogP contribution in [-0.2, 0) is 17.1 Å². The topological polar surface area (TPSA) is 104 Å². The first kappa shape index (κ1) is 21.7. The van der Waals surface area contributed by atoms with Crippen molar-refractivity contribution in [3.05, 3.63) is 46.7 Å². The second kappa shape index (κ2) is 8.00. The normalized spacial score (nSPS) is 15.3. The number of hydrogen-bond donors (Lipinski definition) is 4. The summed E-state index contributed by atoms with van der Waals surface area (Å²) in [6.07, 6.45) is 2.58. The van der Waals surface area contributed by atoms with E-state index in [0.717, 1.165) is 12.1 Å². The molecule has 12 heteroatoms. The highest BCUT2D eigenvalue weighted by molar-refractivity contribution is 7.89. The van der Waals surface area contributed by atoms with E-state index in [1.165, 1.54) is 23.9 Å². The lowest BCUT2D eigenvalue weighted by Gasteiger charge is -2.18. The second-order valence-corrected chi connectivity index (χ2v) is 8.86. The molecule has 1 aliphatic rings. The number of carbonyl (C=O) groups is 1. The van der Waals surface area contributed by atoms with Crippen molar-refractivity contribution in [2.24, 2.45) is 7.05 Å². The van der Waals surface area contributed by atoms with Gasteiger partial charge in [0.15, 0.2) is 11.6 Å². The molecule has 1 heterocycles. The number of benzene rings is 1. The van der Waals surface area contributed by atoms with Gasteiger partial charge in [0, 0.05) is 31.7 Å². The zero-order valence-corrected chi connectivity index (χ0v) is 17.2. The van der Waals surface area contributed by atoms with Crippen LogP contribution in [0.1, 0.15) is 23.3 Å². The van der Waals surface area contributed by atoms with Crippen LogP contribution in [0.25, 0.3) is 0 Å². The molecule has 0 saturated heterocycles. The molecule has 8 nitrogen and oxygen atoms in total. The molecular weight excluding hydrogens is 428 g/mol. The number of nitrogens with one attached hydrogen (secondary N) is 4. The lowest BCUT2D eigenvalue weighted by Crippen LogP contribution is -2.50. The van der Waals surface area contributed by atoms with Crippen molar-refractivity contribution >= 4 is 33.2 Å². The van der Waals surface area contributed by atoms with Gasteiger partial charge in [-0.05, 0) is 32.0 Å². The molecular formula is C17H20ClF2N5O3S. The number of aryl methyl sites for hydroxylation is 1. The molecule has 158 valence electrons. The monoisotopic (exact) mass is 447 g/mol. The molecule has 0 aliphatic heterocycles. The summed E-state index contributed by atoms with van der Waals surface area (Å²) < 4.78 is 56.1. The Kier molecular flexibility index (Phi) is 5.97. The van der Waals surface area contributed by atoms with Crippen LogP contribution in [0.3, 0.4) is 0 Å². The Bertz CT molecular complexity index is 1030. The van der Waals surface area contributed by atoms with Gasteiger partial charge >= 0.3 is 0 Å². The van der Waals surface area contributed by atoms with Crippen LogP contribution in [0.2, 0.25) is 5.02 Å². The minimum absolute atomic E-state index is 0.0132. The number of aromatic nitrogens is 1. The quantitative estimate of drug-likeness (QED) is 0.364. The van der Waals surface area contributed by atoms with Gasteiger partial charge in [-0.15, -0.1) is 0 Å². The van der Waals surface area contributed by atoms with E-state index < -0.39 is 38.3 Å². The summed E-state index contributed by atoms with van der Waals surface area (Å²) in [7, 11) is -0.651. The zero-order chi connectivity index (χ0) is 21.4. The molecule has 0 unspecified atom stereocenters. The molecule has 2 aromatic rings. The number of halogens is 3. The molecule has 1 aliphatic carbocycles. The fraction of sp³-hybridized carbons (Fsp3) is 0.353. The molecule has 0 bridgehead atoms. The summed E-state index contributed by atoms with van der Waals surface area (Å²) in [5.74, 6) is -3.13. The molecule has 3 rings (SSSR count). The molecule has 1 fully saturated rings. The Labute approximate surface area is 171 Å². The first-order valence-electron chi connectivity index (χ1n) is 8.63. The minimum atomic E-state index is -3.88. The average molecular weight is 448 g/mol. The maximum absolute atomic E-state index is 13.5. The molecule has 1 saturated carbocycles. The van der Waals surface area contributed by atoms with E-state index in [1.54, 1.807) is 7.05 Å². The van der Waals surface area contributed by atoms with E-state index in [9.17, 15) is 22.0 Å². The average Bonchev–Trinajstić information content (AvgIpc) is 3.26. The Hall–Kier alpha value is -2.05. The van der Waals surface area contributed by atoms with Crippen molar-refractivity contribution in [1.82, 2.24) is 19.9 Å². The smallest absolute Gasteiger partial charge is 0.272 e. The summed E-state index contributed by atoms with van der Waals surface area (Å²) in [6.45, 7) is 0.432. The Morgan fingerprint density at radius 2 is 1.97 bits per heavy atom. The van der Waals surface area contributed by atoms with E-state index in [-0.39, 0.29) is 16.3 Å². The molecule has 1 aromatic carbocycles. The zero-order valence-electron chi connectivity index (χ0n) is 15.6. The molecule has 0 radical (unpaired) electrons. The van der Waals surface area contributed by atoms with Crippen LogP contribution in [-0.4, -0.2) is 38.3 Å². The van der Waals surface area contributed by atoms with Gasteiger partial charge in [0.05, 0.1) is 10.7 Å². The number of amides is 1. The third kappa shape index (κ3) is 4.75. The fourth-order valence-corrected chi connectivity index (χ4v) is 4.42. The highest BCUT2D eigenvalue weighted by Gasteiger charge is 2.45. The molecule has 1 aromatic heterocycles. The van der Waals surface area contributed by atoms with Gasteiger partial charge in [-0.1, -0.05) is 11.6 Å². The van der Waals surface area contributed by atoms with Crippen molar-refractivity contribution in [1.29, 1.82) is 0 Å². The number of hydrogen-bond acceptors (Lipinski definition) is 5. The van der Waals surface area contributed by atoms with Crippen molar-refractivity contribution < 1.29 is 22.0 Å². The van der Waals surface area contributed by atoms with Gasteiger partial charge < -0.3 is 15.2 Å². The SMILES string of the molecule is CNCNC1(NS(=O)(=O)c2cc(C(=O)Nc3cc(F)c(F)c(Cl)c3)n(C)c2)CC1. The Balaban J connectivity index is 1.78. The standard InChI is InChI=1S/C17H20ClF2N5O3S/c1-21-9-22-17(3-4-17)24-29(27,28)11-7-14(25(2)8-11)16(26)23-10-5-12(18)15(20)13(19)6-10/h5-8,21-22,24H,3-4,9H2,1-2H3,(H,23,26). The number of rotatable bonds is 8. The van der Waals surface area contributed by atoms with Crippen LogP contribution < -0.4 is 20.7 Å². The second-order valence-electron chi connectivity index (χ2n) is 6.77. The van der Waals surface area contributed by atoms with E-state index in [1.807, 2.05) is 0 Å². The van der Waals surface area contributed by atoms with Gasteiger partial charge in [0.1, 0.15) is 10.6 Å². The third-order valence-corrected chi connectivity index (χ3v) is 6.23. The molecule has 4 N–H and O–H groups in total. The number of sulfonamides is 1. The number of anilines is 1. The van der Waals surface area contributed by atoms with E-state index in [4.69, 9.17) is 11.6 Å². The van der Waals surface area contributed by atoms with Crippen molar-refractivity contribution in [3.8, 4) is 0 Å². The highest BCUT2D eigenvalue weighted by Crippen LogP contribution is 2.34. The predicted molar refractivity (Wildman–Crippen MR) is 104 cm³/mol. The maximum Gasteiger partial charge on any atom is 0.272 e. The van der Waals surface area contributed by atoms with Crippen LogP contribution >= 0.6 is 11.6 Å². The van der Waals surface area contributed by atoms with Gasteiger partial charge in [-0.3, -0.25) is 10.1 Å². The van der Waals surface area contributed by atoms with Crippen LogP contribution in [0, 0.1) is 11.6 Å². The number of nitrogens with zero attached hydrogens (tertiary/aromatic N) is 1. The first-order valence-corrected chi connectivity index (χ1v) is 10.5. The molecule has 0 spiro atoms. The molecule has 29 heavy (non-hydrogen) atoms. The van der Waals surface area contributed by atoms with Crippen LogP contribution in [0.15, 0.2) is 29.3 Å². The molecule has 1 amide bonds. The first-order chi connectivity index (χ1) is 13.6. The third-order valence-electron chi connectivity index (χ3n) is 4.45. The van der Waals surface area contributed by atoms with Gasteiger partial charge in [0.2, 0.25) is 10.0 Å². The lowest BCUT2D eigenvalue weighted by atomic mass is 10.3. The summed E-state index contributed by atoms with van der Waals surface area (Å²) in [5.41, 5.74) is -0.752. The van der Waals surface area contributed by atoms with E-state index >= 15 is 0 Å². The van der Waals surface area contributed by atoms with Crippen LogP contribution in [0.4, 0.5) is 14.5 Å². The summed E-state index contributed by atoms with van der Waals surface area (Å²) >= 11 is 5.58. The van der Waals surface area contributed by atoms with Crippen molar-refractivity contribution in [3.63, 3.8) is 0 Å². The predicted octanol–water partition coefficient (Wildman–Crippen LogP) is 1.74. The van der Waals surface area contributed by atoms with Gasteiger partial charge in [-0.25, -0.2) is 17.2 Å². The maximum atomic E-state index is 13.5. The summed E-state index contributed by atoms with van der Waals surface area (Å²) in [4.78, 5) is 12.4. The van der Waals surface area contributed by atoms with Crippen molar-refractivity contribution in [2.75, 3.05) is 19.0 Å². The van der Waals surface area contributed by atoms with Crippen molar-refractivity contribution in [2.45, 2.75) is 23.4 Å². The fourth-order valence-electron chi connectivity index (χ4n) is 2.74. The lowest BCUT2D eigenvalue weighted by molar-refractivity contribution is 0.101.